The number of fused-ring (bicyclic) bond motifs is 2. The molecule has 2 aliphatic carbocycles. The number of aromatic amines is 1. The van der Waals surface area contributed by atoms with Gasteiger partial charge in [0, 0.05) is 66.4 Å². The fourth-order valence-electron chi connectivity index (χ4n) is 11.1. The summed E-state index contributed by atoms with van der Waals surface area (Å²) in [6.07, 6.45) is 10.1. The van der Waals surface area contributed by atoms with Crippen LogP contribution in [0.1, 0.15) is 106 Å². The number of sulfonamides is 1. The lowest BCUT2D eigenvalue weighted by Gasteiger charge is -2.57. The van der Waals surface area contributed by atoms with Gasteiger partial charge in [0.25, 0.3) is 21.6 Å². The second-order valence-electron chi connectivity index (χ2n) is 19.9. The normalized spacial score (nSPS) is 24.3. The molecule has 1 amide bonds. The first kappa shape index (κ1) is 46.8. The third kappa shape index (κ3) is 9.29. The van der Waals surface area contributed by atoms with E-state index in [1.165, 1.54) is 35.2 Å². The van der Waals surface area contributed by atoms with E-state index in [9.17, 15) is 28.4 Å². The molecule has 5 aliphatic rings. The maximum atomic E-state index is 14.2. The molecule has 3 aliphatic heterocycles. The number of nitrogens with zero attached hydrogens (tertiary/aromatic N) is 4. The predicted octanol–water partition coefficient (Wildman–Crippen LogP) is 9.78. The lowest BCUT2D eigenvalue weighted by molar-refractivity contribution is -0.388. The van der Waals surface area contributed by atoms with E-state index in [4.69, 9.17) is 25.8 Å². The van der Waals surface area contributed by atoms with Crippen LogP contribution in [-0.2, 0) is 14.8 Å². The van der Waals surface area contributed by atoms with Gasteiger partial charge < -0.3 is 29.2 Å². The molecule has 0 unspecified atom stereocenters. The van der Waals surface area contributed by atoms with Crippen LogP contribution in [0.5, 0.6) is 17.2 Å². The zero-order chi connectivity index (χ0) is 47.5. The highest BCUT2D eigenvalue weighted by Gasteiger charge is 2.50. The molecule has 360 valence electrons. The number of pyridine rings is 1. The van der Waals surface area contributed by atoms with Gasteiger partial charge in [0.15, 0.2) is 0 Å². The molecule has 3 aromatic carbocycles. The van der Waals surface area contributed by atoms with Crippen LogP contribution in [0.15, 0.2) is 82.8 Å². The molecule has 2 saturated carbocycles. The molecule has 5 aromatic rings. The number of hydrogen-bond acceptors (Lipinski definition) is 13. The number of H-pyrrole nitrogens is 1. The average molecular weight is 986 g/mol. The number of carbonyl (C=O) groups excluding carboxylic acids is 1. The summed E-state index contributed by atoms with van der Waals surface area (Å²) in [5.74, 6) is 0.0505. The molecule has 1 spiro atoms. The number of carbonyl (C=O) groups is 1. The monoisotopic (exact) mass is 984 g/mol. The second kappa shape index (κ2) is 18.4. The number of anilines is 1. The summed E-state index contributed by atoms with van der Waals surface area (Å²) in [6, 6.07) is 18.5. The molecule has 18 heteroatoms. The third-order valence-electron chi connectivity index (χ3n) is 15.1. The van der Waals surface area contributed by atoms with Crippen LogP contribution in [0, 0.1) is 21.4 Å². The van der Waals surface area contributed by atoms with Gasteiger partial charge in [-0.15, -0.1) is 11.8 Å². The summed E-state index contributed by atoms with van der Waals surface area (Å²) in [5, 5.41) is 23.8. The highest BCUT2D eigenvalue weighted by Crippen LogP contribution is 2.54. The van der Waals surface area contributed by atoms with E-state index in [-0.39, 0.29) is 56.9 Å². The predicted molar refractivity (Wildman–Crippen MR) is 261 cm³/mol. The summed E-state index contributed by atoms with van der Waals surface area (Å²) in [7, 11) is -4.67. The summed E-state index contributed by atoms with van der Waals surface area (Å²) in [6.45, 7) is 10.5. The van der Waals surface area contributed by atoms with E-state index < -0.39 is 37.0 Å². The minimum absolute atomic E-state index is 0.0641. The Morgan fingerprint density at radius 3 is 2.57 bits per heavy atom. The lowest BCUT2D eigenvalue weighted by atomic mass is 9.59. The molecule has 68 heavy (non-hydrogen) atoms. The number of hydrogen-bond donors (Lipinski definition) is 3. The Balaban J connectivity index is 0.864. The number of thioether (sulfide) groups is 1. The molecule has 3 N–H and O–H groups in total. The molecular weight excluding hydrogens is 928 g/mol. The summed E-state index contributed by atoms with van der Waals surface area (Å²) >= 11 is 7.73. The van der Waals surface area contributed by atoms with Crippen molar-refractivity contribution >= 4 is 61.7 Å². The molecule has 0 bridgehead atoms. The van der Waals surface area contributed by atoms with Crippen molar-refractivity contribution in [2.24, 2.45) is 11.3 Å². The van der Waals surface area contributed by atoms with Gasteiger partial charge in [-0.05, 0) is 105 Å². The Bertz CT molecular complexity index is 2850. The van der Waals surface area contributed by atoms with Gasteiger partial charge in [-0.3, -0.25) is 19.8 Å². The number of benzene rings is 3. The number of rotatable bonds is 11. The largest absolute Gasteiger partial charge is 0.491 e. The lowest BCUT2D eigenvalue weighted by Crippen LogP contribution is -2.58. The van der Waals surface area contributed by atoms with Gasteiger partial charge in [-0.1, -0.05) is 49.7 Å². The number of amides is 1. The fraction of sp³-hybridized carbons (Fsp3) is 0.480. The SMILES string of the molecule is CC(C)c1ccccc1[C@H]1COCCN1C1CC2(CCN(c3ccc(C(=O)NS(=O)(=O)c4cc5c(c([N+](=O)[O-])c4)S[C@@H]([C@H]4CC[C@](C)(O)CC4)CO5)c(Oc4cnc5[nH]cc(Cl)c5c4)c3)CC2)C1. The maximum absolute atomic E-state index is 14.2. The highest BCUT2D eigenvalue weighted by molar-refractivity contribution is 8.00. The number of aromatic nitrogens is 2. The minimum atomic E-state index is -4.67. The van der Waals surface area contributed by atoms with E-state index in [1.54, 1.807) is 30.5 Å². The molecule has 10 rings (SSSR count). The fourth-order valence-corrected chi connectivity index (χ4v) is 13.7. The van der Waals surface area contributed by atoms with Crippen LogP contribution in [0.3, 0.4) is 0 Å². The first-order valence-corrected chi connectivity index (χ1v) is 26.3. The van der Waals surface area contributed by atoms with Crippen LogP contribution < -0.4 is 19.1 Å². The number of nitrogens with one attached hydrogen (secondary N) is 2. The van der Waals surface area contributed by atoms with Crippen molar-refractivity contribution in [1.29, 1.82) is 0 Å². The number of morpholine rings is 1. The molecule has 2 aromatic heterocycles. The van der Waals surface area contributed by atoms with Gasteiger partial charge in [0.1, 0.15) is 34.4 Å². The van der Waals surface area contributed by atoms with Crippen LogP contribution in [0.2, 0.25) is 5.02 Å². The van der Waals surface area contributed by atoms with Crippen LogP contribution >= 0.6 is 23.4 Å². The van der Waals surface area contributed by atoms with E-state index in [2.05, 4.69) is 62.6 Å². The molecular formula is C50H57ClN6O9S2. The van der Waals surface area contributed by atoms with E-state index in [0.29, 0.717) is 47.5 Å². The van der Waals surface area contributed by atoms with Crippen molar-refractivity contribution < 1.29 is 37.5 Å². The van der Waals surface area contributed by atoms with E-state index >= 15 is 0 Å². The van der Waals surface area contributed by atoms with Crippen molar-refractivity contribution in [3.05, 3.63) is 105 Å². The van der Waals surface area contributed by atoms with Gasteiger partial charge in [-0.25, -0.2) is 18.1 Å². The zero-order valence-corrected chi connectivity index (χ0v) is 40.8. The molecule has 2 atom stereocenters. The van der Waals surface area contributed by atoms with Crippen molar-refractivity contribution in [3.8, 4) is 17.2 Å². The van der Waals surface area contributed by atoms with Gasteiger partial charge in [0.05, 0.1) is 51.5 Å². The average Bonchev–Trinajstić information content (AvgIpc) is 3.69. The Morgan fingerprint density at radius 1 is 1.06 bits per heavy atom. The number of nitro benzene ring substituents is 1. The van der Waals surface area contributed by atoms with E-state index in [1.807, 2.05) is 6.92 Å². The summed E-state index contributed by atoms with van der Waals surface area (Å²) in [4.78, 5) is 38.1. The molecule has 4 fully saturated rings. The first-order valence-electron chi connectivity index (χ1n) is 23.6. The minimum Gasteiger partial charge on any atom is -0.491 e. The Morgan fingerprint density at radius 2 is 1.82 bits per heavy atom. The van der Waals surface area contributed by atoms with Crippen molar-refractivity contribution in [2.75, 3.05) is 44.4 Å². The first-order chi connectivity index (χ1) is 32.6. The molecule has 15 nitrogen and oxygen atoms in total. The second-order valence-corrected chi connectivity index (χ2v) is 23.2. The van der Waals surface area contributed by atoms with E-state index in [0.717, 1.165) is 76.5 Å². The number of piperidine rings is 1. The smallest absolute Gasteiger partial charge is 0.288 e. The van der Waals surface area contributed by atoms with Crippen LogP contribution in [0.4, 0.5) is 11.4 Å². The van der Waals surface area contributed by atoms with Gasteiger partial charge >= 0.3 is 0 Å². The van der Waals surface area contributed by atoms with Crippen molar-refractivity contribution in [2.45, 2.75) is 111 Å². The molecule has 0 radical (unpaired) electrons. The summed E-state index contributed by atoms with van der Waals surface area (Å²) in [5.41, 5.74) is 3.12. The number of aliphatic hydroxyl groups is 1. The van der Waals surface area contributed by atoms with Crippen molar-refractivity contribution in [3.63, 3.8) is 0 Å². The van der Waals surface area contributed by atoms with Crippen molar-refractivity contribution in [1.82, 2.24) is 19.6 Å². The number of halogens is 1. The Kier molecular flexibility index (Phi) is 12.7. The van der Waals surface area contributed by atoms with Gasteiger partial charge in [-0.2, -0.15) is 0 Å². The number of ether oxygens (including phenoxy) is 3. The quantitative estimate of drug-likeness (QED) is 0.0839. The van der Waals surface area contributed by atoms with Gasteiger partial charge in [0.2, 0.25) is 0 Å². The topological polar surface area (TPSA) is 189 Å². The zero-order valence-electron chi connectivity index (χ0n) is 38.4. The standard InChI is InChI=1S/C50H57ClN6O9S2/c1-30(2)36-6-4-5-7-37(36)42-28-64-19-18-56(42)33-24-50(25-33)14-16-55(17-15-50)32-8-9-38(43(20-32)66-34-21-39-40(51)27-53-47(39)52-26-34)48(58)54-68(62,63)35-22-41(57(60)61)46-44(23-35)65-29-45(67-46)31-10-12-49(3,59)13-11-31/h4-9,20-23,26-27,30-31,33,42,45,59H,10-19,24-25,28-29H2,1-3H3,(H,52,53)(H,54,58)/t31-,42-,45-,49-/m1/s1. The van der Waals surface area contributed by atoms with Crippen LogP contribution in [0.25, 0.3) is 11.0 Å². The molecule has 5 heterocycles. The number of nitro groups is 1. The Hall–Kier alpha value is -4.91. The maximum Gasteiger partial charge on any atom is 0.288 e. The summed E-state index contributed by atoms with van der Waals surface area (Å²) < 4.78 is 48.6. The molecule has 2 saturated heterocycles. The van der Waals surface area contributed by atoms with Crippen LogP contribution in [-0.4, -0.2) is 95.6 Å². The Labute approximate surface area is 405 Å². The highest BCUT2D eigenvalue weighted by atomic mass is 35.5. The third-order valence-corrected chi connectivity index (χ3v) is 18.2.